The number of hydrogen-bond acceptors (Lipinski definition) is 2. The van der Waals surface area contributed by atoms with Crippen molar-refractivity contribution in [2.45, 2.75) is 19.4 Å². The molecule has 0 radical (unpaired) electrons. The average Bonchev–Trinajstić information content (AvgIpc) is 3.25. The molecule has 0 aromatic heterocycles. The van der Waals surface area contributed by atoms with E-state index in [0.29, 0.717) is 6.10 Å². The van der Waals surface area contributed by atoms with Crippen molar-refractivity contribution in [1.29, 1.82) is 0 Å². The number of hydrogen-bond donors (Lipinski definition) is 0. The van der Waals surface area contributed by atoms with Crippen LogP contribution in [0.25, 0.3) is 11.1 Å². The Bertz CT molecular complexity index is 530. The molecule has 0 saturated carbocycles. The Labute approximate surface area is 120 Å². The molecule has 1 saturated heterocycles. The van der Waals surface area contributed by atoms with Gasteiger partial charge in [-0.05, 0) is 35.6 Å². The van der Waals surface area contributed by atoms with Gasteiger partial charge in [-0.3, -0.25) is 0 Å². The highest BCUT2D eigenvalue weighted by Crippen LogP contribution is 2.35. The first-order valence-electron chi connectivity index (χ1n) is 7.24. The fourth-order valence-electron chi connectivity index (χ4n) is 2.49. The van der Waals surface area contributed by atoms with Crippen LogP contribution in [0.2, 0.25) is 0 Å². The molecule has 1 aliphatic carbocycles. The molecule has 0 N–H and O–H groups in total. The predicted molar refractivity (Wildman–Crippen MR) is 80.9 cm³/mol. The molecular weight excluding hydrogens is 248 g/mol. The molecule has 2 aliphatic rings. The molecule has 1 fully saturated rings. The van der Waals surface area contributed by atoms with E-state index in [9.17, 15) is 0 Å². The molecule has 1 aliphatic heterocycles. The van der Waals surface area contributed by atoms with Gasteiger partial charge in [-0.1, -0.05) is 48.5 Å². The van der Waals surface area contributed by atoms with Crippen LogP contribution in [-0.4, -0.2) is 25.9 Å². The summed E-state index contributed by atoms with van der Waals surface area (Å²) in [5.74, 6) is 0. The summed E-state index contributed by atoms with van der Waals surface area (Å²) in [6.45, 7) is 4.48. The van der Waals surface area contributed by atoms with Gasteiger partial charge in [0.1, 0.15) is 6.10 Å². The largest absolute Gasteiger partial charge is 0.379 e. The third-order valence-electron chi connectivity index (χ3n) is 3.62. The van der Waals surface area contributed by atoms with Crippen LogP contribution in [0.5, 0.6) is 0 Å². The van der Waals surface area contributed by atoms with Gasteiger partial charge in [0, 0.05) is 6.61 Å². The van der Waals surface area contributed by atoms with Crippen LogP contribution < -0.4 is 0 Å². The minimum atomic E-state index is 0.431. The minimum absolute atomic E-state index is 0.431. The lowest BCUT2D eigenvalue weighted by molar-refractivity contribution is 0.128. The smallest absolute Gasteiger partial charge is 0.104 e. The summed E-state index contributed by atoms with van der Waals surface area (Å²) in [5.41, 5.74) is 5.75. The average molecular weight is 268 g/mol. The second-order valence-electron chi connectivity index (χ2n) is 5.11. The van der Waals surface area contributed by atoms with E-state index in [0.717, 1.165) is 26.2 Å². The summed E-state index contributed by atoms with van der Waals surface area (Å²) in [6, 6.07) is 17.3. The van der Waals surface area contributed by atoms with E-state index in [1.165, 1.54) is 22.3 Å². The molecule has 0 bridgehead atoms. The first-order chi connectivity index (χ1) is 9.88. The third-order valence-corrected chi connectivity index (χ3v) is 3.62. The Morgan fingerprint density at radius 3 is 2.05 bits per heavy atom. The van der Waals surface area contributed by atoms with Crippen molar-refractivity contribution in [3.8, 4) is 11.1 Å². The first kappa shape index (κ1) is 13.3. The first-order valence-corrected chi connectivity index (χ1v) is 7.24. The summed E-state index contributed by atoms with van der Waals surface area (Å²) in [4.78, 5) is 0. The Kier molecular flexibility index (Phi) is 4.14. The topological polar surface area (TPSA) is 21.8 Å². The highest BCUT2D eigenvalue weighted by Gasteiger charge is 2.21. The van der Waals surface area contributed by atoms with E-state index in [4.69, 9.17) is 9.47 Å². The van der Waals surface area contributed by atoms with Gasteiger partial charge < -0.3 is 9.47 Å². The quantitative estimate of drug-likeness (QED) is 0.676. The van der Waals surface area contributed by atoms with Crippen molar-refractivity contribution in [3.05, 3.63) is 59.7 Å². The molecule has 1 atom stereocenters. The van der Waals surface area contributed by atoms with Crippen molar-refractivity contribution in [2.75, 3.05) is 19.8 Å². The van der Waals surface area contributed by atoms with Gasteiger partial charge in [0.15, 0.2) is 0 Å². The molecule has 20 heavy (non-hydrogen) atoms. The lowest BCUT2D eigenvalue weighted by atomic mass is 10.1. The molecular formula is C18H20O2. The van der Waals surface area contributed by atoms with E-state index in [-0.39, 0.29) is 0 Å². The van der Waals surface area contributed by atoms with Crippen LogP contribution in [0.3, 0.4) is 0 Å². The number of benzene rings is 2. The monoisotopic (exact) mass is 268 g/mol. The van der Waals surface area contributed by atoms with E-state index < -0.39 is 0 Å². The second-order valence-corrected chi connectivity index (χ2v) is 5.11. The molecule has 2 nitrogen and oxygen atoms in total. The number of ether oxygens (including phenoxy) is 2. The number of fused-ring (bicyclic) bond motifs is 3. The summed E-state index contributed by atoms with van der Waals surface area (Å²) in [7, 11) is 0. The molecule has 104 valence electrons. The Hall–Kier alpha value is -1.64. The van der Waals surface area contributed by atoms with Crippen molar-refractivity contribution < 1.29 is 9.47 Å². The summed E-state index contributed by atoms with van der Waals surface area (Å²) in [5, 5.41) is 0. The number of epoxide rings is 1. The standard InChI is InChI=1S/C13H10.C5H10O2/c1-3-7-12-10(5-1)9-11-6-2-4-8-13(11)12;1-2-6-3-5-4-7-5/h1-8H,9H2;5H,2-4H2,1H3. The van der Waals surface area contributed by atoms with Crippen molar-refractivity contribution in [3.63, 3.8) is 0 Å². The minimum Gasteiger partial charge on any atom is -0.379 e. The maximum atomic E-state index is 5.03. The summed E-state index contributed by atoms with van der Waals surface area (Å²) in [6.07, 6.45) is 1.53. The van der Waals surface area contributed by atoms with Crippen LogP contribution in [0, 0.1) is 0 Å². The predicted octanol–water partition coefficient (Wildman–Crippen LogP) is 3.68. The normalized spacial score (nSPS) is 17.8. The molecule has 2 aromatic rings. The SMILES string of the molecule is CCOCC1CO1.c1ccc2c(c1)Cc1ccccc1-2. The fourth-order valence-corrected chi connectivity index (χ4v) is 2.49. The van der Waals surface area contributed by atoms with E-state index in [2.05, 4.69) is 48.5 Å². The maximum absolute atomic E-state index is 5.03. The van der Waals surface area contributed by atoms with Gasteiger partial charge in [-0.25, -0.2) is 0 Å². The molecule has 4 rings (SSSR count). The van der Waals surface area contributed by atoms with Gasteiger partial charge in [0.25, 0.3) is 0 Å². The maximum Gasteiger partial charge on any atom is 0.104 e. The molecule has 2 aromatic carbocycles. The lowest BCUT2D eigenvalue weighted by Gasteiger charge is -1.98. The third kappa shape index (κ3) is 3.09. The van der Waals surface area contributed by atoms with Crippen LogP contribution in [0.15, 0.2) is 48.5 Å². The molecule has 2 heteroatoms. The summed E-state index contributed by atoms with van der Waals surface area (Å²) >= 11 is 0. The second kappa shape index (κ2) is 6.21. The Morgan fingerprint density at radius 2 is 1.55 bits per heavy atom. The molecule has 1 unspecified atom stereocenters. The van der Waals surface area contributed by atoms with Crippen molar-refractivity contribution in [1.82, 2.24) is 0 Å². The van der Waals surface area contributed by atoms with Gasteiger partial charge in [-0.15, -0.1) is 0 Å². The van der Waals surface area contributed by atoms with Crippen LogP contribution >= 0.6 is 0 Å². The zero-order chi connectivity index (χ0) is 13.8. The molecule has 0 amide bonds. The zero-order valence-electron chi connectivity index (χ0n) is 11.8. The zero-order valence-corrected chi connectivity index (χ0v) is 11.8. The summed E-state index contributed by atoms with van der Waals surface area (Å²) < 4.78 is 9.92. The van der Waals surface area contributed by atoms with Gasteiger partial charge in [0.2, 0.25) is 0 Å². The highest BCUT2D eigenvalue weighted by molar-refractivity contribution is 5.76. The van der Waals surface area contributed by atoms with Crippen molar-refractivity contribution >= 4 is 0 Å². The fraction of sp³-hybridized carbons (Fsp3) is 0.333. The Balaban J connectivity index is 0.000000147. The van der Waals surface area contributed by atoms with Gasteiger partial charge in [-0.2, -0.15) is 0 Å². The van der Waals surface area contributed by atoms with E-state index in [1.54, 1.807) is 0 Å². The van der Waals surface area contributed by atoms with E-state index >= 15 is 0 Å². The lowest BCUT2D eigenvalue weighted by Crippen LogP contribution is -1.99. The Morgan fingerprint density at radius 1 is 1.00 bits per heavy atom. The van der Waals surface area contributed by atoms with Crippen LogP contribution in [0.4, 0.5) is 0 Å². The number of rotatable bonds is 3. The van der Waals surface area contributed by atoms with Gasteiger partial charge in [0.05, 0.1) is 13.2 Å². The highest BCUT2D eigenvalue weighted by atomic mass is 16.6. The van der Waals surface area contributed by atoms with Crippen LogP contribution in [0.1, 0.15) is 18.1 Å². The molecule has 0 spiro atoms. The van der Waals surface area contributed by atoms with Crippen LogP contribution in [-0.2, 0) is 15.9 Å². The molecule has 1 heterocycles. The van der Waals surface area contributed by atoms with E-state index in [1.807, 2.05) is 6.92 Å². The van der Waals surface area contributed by atoms with Gasteiger partial charge >= 0.3 is 0 Å². The van der Waals surface area contributed by atoms with Crippen molar-refractivity contribution in [2.24, 2.45) is 0 Å².